The zero-order valence-corrected chi connectivity index (χ0v) is 13.6. The molecule has 1 aliphatic carbocycles. The summed E-state index contributed by atoms with van der Waals surface area (Å²) < 4.78 is 5.71. The van der Waals surface area contributed by atoms with Gasteiger partial charge in [0.2, 0.25) is 0 Å². The molecule has 3 nitrogen and oxygen atoms in total. The van der Waals surface area contributed by atoms with Crippen molar-refractivity contribution in [2.75, 3.05) is 39.9 Å². The molecule has 0 heterocycles. The fourth-order valence-electron chi connectivity index (χ4n) is 2.15. The third-order valence-electron chi connectivity index (χ3n) is 4.18. The number of hydrogen-bond acceptors (Lipinski definition) is 3. The van der Waals surface area contributed by atoms with Crippen molar-refractivity contribution in [3.63, 3.8) is 0 Å². The summed E-state index contributed by atoms with van der Waals surface area (Å²) in [6.07, 6.45) is 2.76. The quantitative estimate of drug-likeness (QED) is 0.584. The van der Waals surface area contributed by atoms with Gasteiger partial charge in [-0.15, -0.1) is 0 Å². The zero-order chi connectivity index (χ0) is 14.3. The van der Waals surface area contributed by atoms with Gasteiger partial charge in [0.25, 0.3) is 0 Å². The predicted octanol–water partition coefficient (Wildman–Crippen LogP) is 2.62. The largest absolute Gasteiger partial charge is 0.380 e. The number of ether oxygens (including phenoxy) is 1. The molecule has 114 valence electrons. The second-order valence-corrected chi connectivity index (χ2v) is 6.77. The van der Waals surface area contributed by atoms with Gasteiger partial charge in [0, 0.05) is 19.2 Å². The van der Waals surface area contributed by atoms with Gasteiger partial charge in [-0.25, -0.2) is 0 Å². The molecule has 1 aliphatic rings. The Morgan fingerprint density at radius 3 is 2.42 bits per heavy atom. The van der Waals surface area contributed by atoms with E-state index in [4.69, 9.17) is 4.74 Å². The van der Waals surface area contributed by atoms with Crippen LogP contribution in [0.4, 0.5) is 0 Å². The van der Waals surface area contributed by atoms with E-state index in [2.05, 4.69) is 45.0 Å². The van der Waals surface area contributed by atoms with Crippen LogP contribution in [0.3, 0.4) is 0 Å². The van der Waals surface area contributed by atoms with Crippen molar-refractivity contribution in [2.45, 2.75) is 46.6 Å². The average molecular weight is 270 g/mol. The fourth-order valence-corrected chi connectivity index (χ4v) is 2.15. The minimum absolute atomic E-state index is 0.601. The fraction of sp³-hybridized carbons (Fsp3) is 1.00. The highest BCUT2D eigenvalue weighted by Crippen LogP contribution is 2.28. The van der Waals surface area contributed by atoms with Gasteiger partial charge >= 0.3 is 0 Å². The van der Waals surface area contributed by atoms with Crippen LogP contribution >= 0.6 is 0 Å². The average Bonchev–Trinajstić information content (AvgIpc) is 3.16. The van der Waals surface area contributed by atoms with Gasteiger partial charge in [-0.1, -0.05) is 20.8 Å². The van der Waals surface area contributed by atoms with Gasteiger partial charge in [0.1, 0.15) is 0 Å². The molecule has 1 fully saturated rings. The highest BCUT2D eigenvalue weighted by molar-refractivity contribution is 4.74. The second-order valence-electron chi connectivity index (χ2n) is 6.77. The van der Waals surface area contributed by atoms with E-state index in [1.165, 1.54) is 12.8 Å². The molecule has 0 spiro atoms. The van der Waals surface area contributed by atoms with Crippen LogP contribution < -0.4 is 5.32 Å². The summed E-state index contributed by atoms with van der Waals surface area (Å²) >= 11 is 0. The van der Waals surface area contributed by atoms with E-state index in [1.807, 2.05) is 0 Å². The summed E-state index contributed by atoms with van der Waals surface area (Å²) in [6.45, 7) is 14.3. The topological polar surface area (TPSA) is 24.5 Å². The van der Waals surface area contributed by atoms with Gasteiger partial charge in [-0.05, 0) is 57.7 Å². The molecule has 0 aromatic heterocycles. The van der Waals surface area contributed by atoms with Crippen LogP contribution in [0, 0.1) is 17.8 Å². The van der Waals surface area contributed by atoms with Crippen LogP contribution in [0.1, 0.15) is 40.5 Å². The first-order valence-electron chi connectivity index (χ1n) is 7.99. The van der Waals surface area contributed by atoms with Gasteiger partial charge < -0.3 is 15.0 Å². The highest BCUT2D eigenvalue weighted by Gasteiger charge is 2.21. The summed E-state index contributed by atoms with van der Waals surface area (Å²) in [4.78, 5) is 2.43. The van der Waals surface area contributed by atoms with Crippen LogP contribution in [0.15, 0.2) is 0 Å². The molecule has 1 saturated carbocycles. The summed E-state index contributed by atoms with van der Waals surface area (Å²) in [7, 11) is 2.21. The molecule has 0 radical (unpaired) electrons. The first-order valence-corrected chi connectivity index (χ1v) is 7.99. The van der Waals surface area contributed by atoms with E-state index < -0.39 is 0 Å². The van der Waals surface area contributed by atoms with Crippen molar-refractivity contribution in [2.24, 2.45) is 17.8 Å². The van der Waals surface area contributed by atoms with E-state index in [9.17, 15) is 0 Å². The van der Waals surface area contributed by atoms with E-state index in [1.54, 1.807) is 0 Å². The predicted molar refractivity (Wildman–Crippen MR) is 82.5 cm³/mol. The third kappa shape index (κ3) is 7.91. The lowest BCUT2D eigenvalue weighted by Gasteiger charge is -2.30. The Hall–Kier alpha value is -0.120. The van der Waals surface area contributed by atoms with Crippen LogP contribution in [0.5, 0.6) is 0 Å². The lowest BCUT2D eigenvalue weighted by atomic mass is 10.0. The molecule has 0 aromatic rings. The summed E-state index contributed by atoms with van der Waals surface area (Å²) in [5, 5.41) is 3.55. The maximum atomic E-state index is 5.71. The first kappa shape index (κ1) is 16.9. The zero-order valence-electron chi connectivity index (χ0n) is 13.6. The lowest BCUT2D eigenvalue weighted by Crippen LogP contribution is -2.41. The minimum atomic E-state index is 0.601. The highest BCUT2D eigenvalue weighted by atomic mass is 16.5. The van der Waals surface area contributed by atoms with Crippen LogP contribution in [0.2, 0.25) is 0 Å². The Balaban J connectivity index is 2.05. The van der Waals surface area contributed by atoms with Gasteiger partial charge in [0.05, 0.1) is 6.61 Å². The number of nitrogens with zero attached hydrogens (tertiary/aromatic N) is 1. The molecular weight excluding hydrogens is 236 g/mol. The van der Waals surface area contributed by atoms with Crippen LogP contribution in [-0.2, 0) is 4.74 Å². The van der Waals surface area contributed by atoms with E-state index in [0.717, 1.165) is 44.7 Å². The van der Waals surface area contributed by atoms with Crippen molar-refractivity contribution in [3.8, 4) is 0 Å². The Morgan fingerprint density at radius 1 is 1.16 bits per heavy atom. The maximum Gasteiger partial charge on any atom is 0.0593 e. The van der Waals surface area contributed by atoms with Crippen molar-refractivity contribution in [1.82, 2.24) is 10.2 Å². The first-order chi connectivity index (χ1) is 9.00. The SMILES string of the molecule is CC(C)CNCC(C)C(C)N(C)CCOCC1CC1. The van der Waals surface area contributed by atoms with Crippen LogP contribution in [-0.4, -0.2) is 50.8 Å². The van der Waals surface area contributed by atoms with Crippen LogP contribution in [0.25, 0.3) is 0 Å². The Kier molecular flexibility index (Phi) is 7.96. The monoisotopic (exact) mass is 270 g/mol. The number of rotatable bonds is 11. The molecule has 0 aromatic carbocycles. The summed E-state index contributed by atoms with van der Waals surface area (Å²) in [6, 6.07) is 0.601. The van der Waals surface area contributed by atoms with E-state index in [-0.39, 0.29) is 0 Å². The normalized spacial score (nSPS) is 19.1. The van der Waals surface area contributed by atoms with Gasteiger partial charge in [-0.2, -0.15) is 0 Å². The Labute approximate surface area is 120 Å². The molecule has 19 heavy (non-hydrogen) atoms. The summed E-state index contributed by atoms with van der Waals surface area (Å²) in [5.74, 6) is 2.28. The smallest absolute Gasteiger partial charge is 0.0593 e. The second kappa shape index (κ2) is 8.93. The molecule has 1 rings (SSSR count). The van der Waals surface area contributed by atoms with Gasteiger partial charge in [-0.3, -0.25) is 0 Å². The van der Waals surface area contributed by atoms with E-state index >= 15 is 0 Å². The molecule has 0 amide bonds. The standard InChI is InChI=1S/C16H34N2O/c1-13(2)10-17-11-14(3)15(4)18(5)8-9-19-12-16-6-7-16/h13-17H,6-12H2,1-5H3. The molecule has 1 N–H and O–H groups in total. The van der Waals surface area contributed by atoms with E-state index in [0.29, 0.717) is 12.0 Å². The number of hydrogen-bond donors (Lipinski definition) is 1. The number of likely N-dealkylation sites (N-methyl/N-ethyl adjacent to an activating group) is 1. The minimum Gasteiger partial charge on any atom is -0.380 e. The Morgan fingerprint density at radius 2 is 1.84 bits per heavy atom. The molecule has 3 heteroatoms. The molecule has 2 unspecified atom stereocenters. The number of nitrogens with one attached hydrogen (secondary N) is 1. The third-order valence-corrected chi connectivity index (χ3v) is 4.18. The molecule has 0 saturated heterocycles. The molecule has 0 bridgehead atoms. The Bertz CT molecular complexity index is 229. The van der Waals surface area contributed by atoms with Crippen molar-refractivity contribution < 1.29 is 4.74 Å². The lowest BCUT2D eigenvalue weighted by molar-refractivity contribution is 0.0846. The van der Waals surface area contributed by atoms with Crippen molar-refractivity contribution in [3.05, 3.63) is 0 Å². The maximum absolute atomic E-state index is 5.71. The van der Waals surface area contributed by atoms with Gasteiger partial charge in [0.15, 0.2) is 0 Å². The molecular formula is C16H34N2O. The molecule has 0 aliphatic heterocycles. The van der Waals surface area contributed by atoms with Crippen molar-refractivity contribution in [1.29, 1.82) is 0 Å². The molecule has 2 atom stereocenters. The summed E-state index contributed by atoms with van der Waals surface area (Å²) in [5.41, 5.74) is 0. The van der Waals surface area contributed by atoms with Crippen molar-refractivity contribution >= 4 is 0 Å².